The lowest BCUT2D eigenvalue weighted by molar-refractivity contribution is 0.310. The van der Waals surface area contributed by atoms with E-state index in [2.05, 4.69) is 0 Å². The van der Waals surface area contributed by atoms with Gasteiger partial charge in [0.05, 0.1) is 6.61 Å². The fraction of sp³-hybridized carbons (Fsp3) is 0.200. The van der Waals surface area contributed by atoms with Gasteiger partial charge >= 0.3 is 0 Å². The van der Waals surface area contributed by atoms with Gasteiger partial charge in [-0.05, 0) is 54.8 Å². The maximum absolute atomic E-state index is 12.7. The van der Waals surface area contributed by atoms with Gasteiger partial charge in [-0.2, -0.15) is 0 Å². The Labute approximate surface area is 105 Å². The summed E-state index contributed by atoms with van der Waals surface area (Å²) in [6, 6.07) is 12.4. The van der Waals surface area contributed by atoms with Crippen molar-refractivity contribution < 1.29 is 13.5 Å². The van der Waals surface area contributed by atoms with Crippen LogP contribution >= 0.6 is 0 Å². The van der Waals surface area contributed by atoms with Crippen molar-refractivity contribution in [2.45, 2.75) is 12.8 Å². The quantitative estimate of drug-likeness (QED) is 0.727. The molecule has 0 saturated heterocycles. The molecular weight excluding hydrogens is 234 g/mol. The summed E-state index contributed by atoms with van der Waals surface area (Å²) in [6.45, 7) is 0.559. The van der Waals surface area contributed by atoms with E-state index in [-0.39, 0.29) is 11.6 Å². The van der Waals surface area contributed by atoms with Gasteiger partial charge in [0.1, 0.15) is 17.4 Å². The molecule has 0 heterocycles. The molecule has 94 valence electrons. The molecule has 1 nitrogen and oxygen atoms in total. The molecule has 0 amide bonds. The van der Waals surface area contributed by atoms with Crippen molar-refractivity contribution in [3.8, 4) is 5.75 Å². The Morgan fingerprint density at radius 1 is 0.778 bits per heavy atom. The molecule has 0 aliphatic rings. The number of hydrogen-bond acceptors (Lipinski definition) is 1. The summed E-state index contributed by atoms with van der Waals surface area (Å²) < 4.78 is 30.8. The Kier molecular flexibility index (Phi) is 4.29. The molecule has 0 fully saturated rings. The average molecular weight is 248 g/mol. The van der Waals surface area contributed by atoms with E-state index >= 15 is 0 Å². The number of benzene rings is 2. The van der Waals surface area contributed by atoms with Crippen LogP contribution in [0.5, 0.6) is 5.75 Å². The lowest BCUT2D eigenvalue weighted by Crippen LogP contribution is -1.99. The molecule has 2 rings (SSSR count). The molecule has 3 heteroatoms. The first kappa shape index (κ1) is 12.6. The zero-order valence-electron chi connectivity index (χ0n) is 9.90. The Morgan fingerprint density at radius 2 is 1.33 bits per heavy atom. The summed E-state index contributed by atoms with van der Waals surface area (Å²) in [5.74, 6) is 0.172. The van der Waals surface area contributed by atoms with Gasteiger partial charge in [-0.25, -0.2) is 8.78 Å². The first-order chi connectivity index (χ1) is 8.74. The summed E-state index contributed by atoms with van der Waals surface area (Å²) in [4.78, 5) is 0. The Balaban J connectivity index is 1.73. The topological polar surface area (TPSA) is 9.23 Å². The van der Waals surface area contributed by atoms with Crippen LogP contribution in [0.1, 0.15) is 12.0 Å². The van der Waals surface area contributed by atoms with Crippen LogP contribution in [-0.4, -0.2) is 6.61 Å². The number of ether oxygens (including phenoxy) is 1. The van der Waals surface area contributed by atoms with E-state index in [0.29, 0.717) is 12.4 Å². The molecule has 0 radical (unpaired) electrons. The first-order valence-electron chi connectivity index (χ1n) is 5.87. The zero-order chi connectivity index (χ0) is 12.8. The van der Waals surface area contributed by atoms with E-state index in [9.17, 15) is 8.78 Å². The number of aryl methyl sites for hydroxylation is 1. The van der Waals surface area contributed by atoms with Crippen molar-refractivity contribution >= 4 is 0 Å². The molecule has 2 aromatic carbocycles. The molecule has 0 atom stereocenters. The van der Waals surface area contributed by atoms with Crippen LogP contribution < -0.4 is 4.74 Å². The fourth-order valence-corrected chi connectivity index (χ4v) is 1.65. The highest BCUT2D eigenvalue weighted by atomic mass is 19.1. The monoisotopic (exact) mass is 248 g/mol. The van der Waals surface area contributed by atoms with Gasteiger partial charge in [0, 0.05) is 0 Å². The van der Waals surface area contributed by atoms with E-state index in [1.165, 1.54) is 24.3 Å². The standard InChI is InChI=1S/C15H14F2O/c16-13-5-3-12(4-6-13)2-1-11-18-15-9-7-14(17)8-10-15/h3-10H,1-2,11H2. The van der Waals surface area contributed by atoms with Gasteiger partial charge in [0.25, 0.3) is 0 Å². The summed E-state index contributed by atoms with van der Waals surface area (Å²) in [5.41, 5.74) is 1.08. The predicted octanol–water partition coefficient (Wildman–Crippen LogP) is 3.98. The third kappa shape index (κ3) is 3.84. The highest BCUT2D eigenvalue weighted by molar-refractivity contribution is 5.22. The number of hydrogen-bond donors (Lipinski definition) is 0. The van der Waals surface area contributed by atoms with Gasteiger partial charge in [0.2, 0.25) is 0 Å². The maximum Gasteiger partial charge on any atom is 0.123 e. The summed E-state index contributed by atoms with van der Waals surface area (Å²) in [5, 5.41) is 0. The minimum absolute atomic E-state index is 0.221. The van der Waals surface area contributed by atoms with E-state index in [1.807, 2.05) is 0 Å². The molecular formula is C15H14F2O. The highest BCUT2D eigenvalue weighted by Gasteiger charge is 1.97. The van der Waals surface area contributed by atoms with Crippen molar-refractivity contribution in [1.82, 2.24) is 0 Å². The molecule has 2 aromatic rings. The molecule has 0 unspecified atom stereocenters. The normalized spacial score (nSPS) is 10.3. The third-order valence-electron chi connectivity index (χ3n) is 2.61. The minimum Gasteiger partial charge on any atom is -0.494 e. The van der Waals surface area contributed by atoms with Crippen molar-refractivity contribution in [3.05, 3.63) is 65.7 Å². The van der Waals surface area contributed by atoms with Crippen molar-refractivity contribution in [1.29, 1.82) is 0 Å². The average Bonchev–Trinajstić information content (AvgIpc) is 2.39. The fourth-order valence-electron chi connectivity index (χ4n) is 1.65. The summed E-state index contributed by atoms with van der Waals surface area (Å²) in [6.07, 6.45) is 1.67. The first-order valence-corrected chi connectivity index (χ1v) is 5.87. The summed E-state index contributed by atoms with van der Waals surface area (Å²) >= 11 is 0. The largest absolute Gasteiger partial charge is 0.494 e. The SMILES string of the molecule is Fc1ccc(CCCOc2ccc(F)cc2)cc1. The van der Waals surface area contributed by atoms with Gasteiger partial charge < -0.3 is 4.74 Å². The van der Waals surface area contributed by atoms with Crippen LogP contribution in [0, 0.1) is 11.6 Å². The van der Waals surface area contributed by atoms with Crippen molar-refractivity contribution in [3.63, 3.8) is 0 Å². The van der Waals surface area contributed by atoms with E-state index in [0.717, 1.165) is 18.4 Å². The molecule has 0 aliphatic heterocycles. The Morgan fingerprint density at radius 3 is 1.94 bits per heavy atom. The Bertz CT molecular complexity index is 429. The molecule has 0 aliphatic carbocycles. The number of halogens is 2. The van der Waals surface area contributed by atoms with E-state index in [4.69, 9.17) is 4.74 Å². The number of rotatable bonds is 5. The maximum atomic E-state index is 12.7. The van der Waals surface area contributed by atoms with Crippen LogP contribution in [0.2, 0.25) is 0 Å². The van der Waals surface area contributed by atoms with Crippen molar-refractivity contribution in [2.24, 2.45) is 0 Å². The highest BCUT2D eigenvalue weighted by Crippen LogP contribution is 2.12. The second-order valence-electron chi connectivity index (χ2n) is 4.03. The molecule has 0 bridgehead atoms. The summed E-state index contributed by atoms with van der Waals surface area (Å²) in [7, 11) is 0. The molecule has 0 spiro atoms. The molecule has 0 saturated carbocycles. The second-order valence-corrected chi connectivity index (χ2v) is 4.03. The third-order valence-corrected chi connectivity index (χ3v) is 2.61. The molecule has 0 N–H and O–H groups in total. The zero-order valence-corrected chi connectivity index (χ0v) is 9.90. The smallest absolute Gasteiger partial charge is 0.123 e. The van der Waals surface area contributed by atoms with Gasteiger partial charge in [-0.3, -0.25) is 0 Å². The van der Waals surface area contributed by atoms with Crippen LogP contribution in [0.3, 0.4) is 0 Å². The van der Waals surface area contributed by atoms with Crippen molar-refractivity contribution in [2.75, 3.05) is 6.61 Å². The minimum atomic E-state index is -0.270. The van der Waals surface area contributed by atoms with Crippen LogP contribution in [0.15, 0.2) is 48.5 Å². The molecule has 0 aromatic heterocycles. The molecule has 18 heavy (non-hydrogen) atoms. The second kappa shape index (κ2) is 6.15. The van der Waals surface area contributed by atoms with E-state index < -0.39 is 0 Å². The van der Waals surface area contributed by atoms with Gasteiger partial charge in [-0.15, -0.1) is 0 Å². The van der Waals surface area contributed by atoms with E-state index in [1.54, 1.807) is 24.3 Å². The Hall–Kier alpha value is -1.90. The van der Waals surface area contributed by atoms with Crippen LogP contribution in [-0.2, 0) is 6.42 Å². The lowest BCUT2D eigenvalue weighted by Gasteiger charge is -2.06. The van der Waals surface area contributed by atoms with Gasteiger partial charge in [0.15, 0.2) is 0 Å². The van der Waals surface area contributed by atoms with Crippen LogP contribution in [0.25, 0.3) is 0 Å². The van der Waals surface area contributed by atoms with Gasteiger partial charge in [-0.1, -0.05) is 12.1 Å². The predicted molar refractivity (Wildman–Crippen MR) is 66.6 cm³/mol. The lowest BCUT2D eigenvalue weighted by atomic mass is 10.1. The van der Waals surface area contributed by atoms with Crippen LogP contribution in [0.4, 0.5) is 8.78 Å².